The molecule has 1 aromatic rings. The number of urea groups is 1. The van der Waals surface area contributed by atoms with Crippen molar-refractivity contribution in [2.75, 3.05) is 6.61 Å². The molecule has 0 fully saturated rings. The van der Waals surface area contributed by atoms with Crippen LogP contribution in [-0.2, 0) is 11.3 Å². The van der Waals surface area contributed by atoms with E-state index in [-0.39, 0.29) is 5.92 Å². The highest BCUT2D eigenvalue weighted by molar-refractivity contribution is 5.82. The summed E-state index contributed by atoms with van der Waals surface area (Å²) in [5.41, 5.74) is 0.907. The number of carboxylic acids is 1. The Morgan fingerprint density at radius 1 is 1.24 bits per heavy atom. The molecule has 0 spiro atoms. The summed E-state index contributed by atoms with van der Waals surface area (Å²) in [5.74, 6) is -0.448. The Kier molecular flexibility index (Phi) is 6.52. The lowest BCUT2D eigenvalue weighted by molar-refractivity contribution is -0.140. The Balaban J connectivity index is 2.47. The lowest BCUT2D eigenvalue weighted by Gasteiger charge is -2.18. The van der Waals surface area contributed by atoms with Crippen molar-refractivity contribution in [3.63, 3.8) is 0 Å². The fraction of sp³-hybridized carbons (Fsp3) is 0.467. The van der Waals surface area contributed by atoms with Gasteiger partial charge in [-0.3, -0.25) is 0 Å². The molecular formula is C15H22N2O4. The molecule has 0 aliphatic carbocycles. The number of carbonyl (C=O) groups excluding carboxylic acids is 1. The number of nitrogens with one attached hydrogen (secondary N) is 2. The second kappa shape index (κ2) is 8.14. The second-order valence-electron chi connectivity index (χ2n) is 4.96. The summed E-state index contributed by atoms with van der Waals surface area (Å²) in [6, 6.07) is 5.96. The van der Waals surface area contributed by atoms with E-state index in [9.17, 15) is 9.59 Å². The molecule has 0 aliphatic heterocycles. The number of aliphatic carboxylic acids is 1. The summed E-state index contributed by atoms with van der Waals surface area (Å²) in [6.45, 7) is 6.32. The molecule has 1 unspecified atom stereocenters. The topological polar surface area (TPSA) is 87.7 Å². The fourth-order valence-corrected chi connectivity index (χ4v) is 1.76. The first-order valence-corrected chi connectivity index (χ1v) is 6.93. The van der Waals surface area contributed by atoms with Gasteiger partial charge in [0.2, 0.25) is 0 Å². The van der Waals surface area contributed by atoms with Crippen LogP contribution in [0.5, 0.6) is 5.75 Å². The van der Waals surface area contributed by atoms with Gasteiger partial charge in [-0.15, -0.1) is 0 Å². The Morgan fingerprint density at radius 2 is 1.86 bits per heavy atom. The highest BCUT2D eigenvalue weighted by Crippen LogP contribution is 2.11. The Labute approximate surface area is 124 Å². The van der Waals surface area contributed by atoms with Crippen molar-refractivity contribution in [2.45, 2.75) is 33.4 Å². The minimum atomic E-state index is -1.04. The predicted octanol–water partition coefficient (Wildman–Crippen LogP) is 1.99. The highest BCUT2D eigenvalue weighted by atomic mass is 16.5. The van der Waals surface area contributed by atoms with Gasteiger partial charge in [0.15, 0.2) is 0 Å². The van der Waals surface area contributed by atoms with E-state index < -0.39 is 18.0 Å². The zero-order chi connectivity index (χ0) is 15.8. The van der Waals surface area contributed by atoms with Crippen molar-refractivity contribution in [1.29, 1.82) is 0 Å². The minimum Gasteiger partial charge on any atom is -0.494 e. The molecule has 1 aromatic carbocycles. The molecule has 116 valence electrons. The number of carboxylic acid groups (broad SMARTS) is 1. The summed E-state index contributed by atoms with van der Waals surface area (Å²) in [7, 11) is 0. The molecule has 3 N–H and O–H groups in total. The molecule has 21 heavy (non-hydrogen) atoms. The number of amides is 2. The van der Waals surface area contributed by atoms with E-state index in [0.29, 0.717) is 13.2 Å². The third-order valence-corrected chi connectivity index (χ3v) is 2.91. The van der Waals surface area contributed by atoms with E-state index in [1.165, 1.54) is 0 Å². The third-order valence-electron chi connectivity index (χ3n) is 2.91. The molecule has 0 radical (unpaired) electrons. The molecule has 0 aromatic heterocycles. The van der Waals surface area contributed by atoms with E-state index in [1.807, 2.05) is 31.2 Å². The van der Waals surface area contributed by atoms with Crippen LogP contribution in [0.4, 0.5) is 4.79 Å². The monoisotopic (exact) mass is 294 g/mol. The summed E-state index contributed by atoms with van der Waals surface area (Å²) in [4.78, 5) is 22.7. The Morgan fingerprint density at radius 3 is 2.33 bits per heavy atom. The van der Waals surface area contributed by atoms with E-state index in [1.54, 1.807) is 13.8 Å². The van der Waals surface area contributed by atoms with Gasteiger partial charge in [0, 0.05) is 6.54 Å². The highest BCUT2D eigenvalue weighted by Gasteiger charge is 2.23. The van der Waals surface area contributed by atoms with Crippen molar-refractivity contribution >= 4 is 12.0 Å². The fourth-order valence-electron chi connectivity index (χ4n) is 1.76. The van der Waals surface area contributed by atoms with Gasteiger partial charge in [-0.25, -0.2) is 9.59 Å². The molecule has 1 rings (SSSR count). The Bertz CT molecular complexity index is 471. The first-order valence-electron chi connectivity index (χ1n) is 6.93. The zero-order valence-electron chi connectivity index (χ0n) is 12.6. The SMILES string of the molecule is CCOc1ccc(CNC(=O)NC(C(=O)O)C(C)C)cc1. The molecule has 6 nitrogen and oxygen atoms in total. The lowest BCUT2D eigenvalue weighted by atomic mass is 10.1. The minimum absolute atomic E-state index is 0.182. The average molecular weight is 294 g/mol. The van der Waals surface area contributed by atoms with E-state index in [4.69, 9.17) is 9.84 Å². The van der Waals surface area contributed by atoms with E-state index >= 15 is 0 Å². The van der Waals surface area contributed by atoms with Crippen molar-refractivity contribution in [3.05, 3.63) is 29.8 Å². The van der Waals surface area contributed by atoms with Crippen LogP contribution in [-0.4, -0.2) is 29.8 Å². The normalized spacial score (nSPS) is 11.8. The predicted molar refractivity (Wildman–Crippen MR) is 79.2 cm³/mol. The van der Waals surface area contributed by atoms with E-state index in [2.05, 4.69) is 10.6 Å². The van der Waals surface area contributed by atoms with Crippen LogP contribution in [0.25, 0.3) is 0 Å². The number of carbonyl (C=O) groups is 2. The van der Waals surface area contributed by atoms with Crippen LogP contribution in [0.3, 0.4) is 0 Å². The number of hydrogen-bond acceptors (Lipinski definition) is 3. The summed E-state index contributed by atoms with van der Waals surface area (Å²) in [5, 5.41) is 14.1. The van der Waals surface area contributed by atoms with Gasteiger partial charge in [0.25, 0.3) is 0 Å². The van der Waals surface area contributed by atoms with Crippen LogP contribution in [0.2, 0.25) is 0 Å². The van der Waals surface area contributed by atoms with Crippen molar-refractivity contribution in [1.82, 2.24) is 10.6 Å². The first-order chi connectivity index (χ1) is 9.93. The maximum Gasteiger partial charge on any atom is 0.326 e. The van der Waals surface area contributed by atoms with Gasteiger partial charge >= 0.3 is 12.0 Å². The van der Waals surface area contributed by atoms with Crippen LogP contribution in [0.15, 0.2) is 24.3 Å². The molecular weight excluding hydrogens is 272 g/mol. The summed E-state index contributed by atoms with van der Waals surface area (Å²) >= 11 is 0. The second-order valence-corrected chi connectivity index (χ2v) is 4.96. The van der Waals surface area contributed by atoms with Gasteiger partial charge in [-0.1, -0.05) is 26.0 Å². The molecule has 0 bridgehead atoms. The molecule has 0 aliphatic rings. The lowest BCUT2D eigenvalue weighted by Crippen LogP contribution is -2.48. The molecule has 6 heteroatoms. The van der Waals surface area contributed by atoms with Gasteiger partial charge < -0.3 is 20.5 Å². The molecule has 0 saturated carbocycles. The van der Waals surface area contributed by atoms with Crippen LogP contribution < -0.4 is 15.4 Å². The molecule has 0 heterocycles. The zero-order valence-corrected chi connectivity index (χ0v) is 12.6. The van der Waals surface area contributed by atoms with Gasteiger partial charge in [0.1, 0.15) is 11.8 Å². The van der Waals surface area contributed by atoms with Crippen LogP contribution in [0, 0.1) is 5.92 Å². The Hall–Kier alpha value is -2.24. The third kappa shape index (κ3) is 5.72. The smallest absolute Gasteiger partial charge is 0.326 e. The molecule has 2 amide bonds. The van der Waals surface area contributed by atoms with Gasteiger partial charge in [-0.2, -0.15) is 0 Å². The van der Waals surface area contributed by atoms with Crippen LogP contribution in [0.1, 0.15) is 26.3 Å². The van der Waals surface area contributed by atoms with Crippen molar-refractivity contribution < 1.29 is 19.4 Å². The largest absolute Gasteiger partial charge is 0.494 e. The number of benzene rings is 1. The molecule has 1 atom stereocenters. The summed E-state index contributed by atoms with van der Waals surface area (Å²) < 4.78 is 5.33. The quantitative estimate of drug-likeness (QED) is 0.717. The van der Waals surface area contributed by atoms with E-state index in [0.717, 1.165) is 11.3 Å². The molecule has 0 saturated heterocycles. The van der Waals surface area contributed by atoms with Gasteiger partial charge in [-0.05, 0) is 30.5 Å². The number of rotatable bonds is 7. The average Bonchev–Trinajstić information content (AvgIpc) is 2.43. The summed E-state index contributed by atoms with van der Waals surface area (Å²) in [6.07, 6.45) is 0. The van der Waals surface area contributed by atoms with Crippen molar-refractivity contribution in [2.24, 2.45) is 5.92 Å². The maximum atomic E-state index is 11.7. The maximum absolute atomic E-state index is 11.7. The number of ether oxygens (including phenoxy) is 1. The first kappa shape index (κ1) is 16.8. The standard InChI is InChI=1S/C15H22N2O4/c1-4-21-12-7-5-11(6-8-12)9-16-15(20)17-13(10(2)3)14(18)19/h5-8,10,13H,4,9H2,1-3H3,(H,18,19)(H2,16,17,20). The van der Waals surface area contributed by atoms with Crippen molar-refractivity contribution in [3.8, 4) is 5.75 Å². The van der Waals surface area contributed by atoms with Gasteiger partial charge in [0.05, 0.1) is 6.61 Å². The number of hydrogen-bond donors (Lipinski definition) is 3. The van der Waals surface area contributed by atoms with Crippen LogP contribution >= 0.6 is 0 Å².